The minimum Gasteiger partial charge on any atom is -0.497 e. The normalized spacial score (nSPS) is 10.8. The molecule has 0 saturated carbocycles. The van der Waals surface area contributed by atoms with E-state index in [1.165, 1.54) is 23.4 Å². The molecule has 0 radical (unpaired) electrons. The molecular weight excluding hydrogens is 384 g/mol. The fraction of sp³-hybridized carbons (Fsp3) is 0.130. The lowest BCUT2D eigenvalue weighted by Crippen LogP contribution is -2.41. The van der Waals surface area contributed by atoms with E-state index in [1.807, 2.05) is 67.6 Å². The van der Waals surface area contributed by atoms with Gasteiger partial charge in [-0.3, -0.25) is 20.4 Å². The van der Waals surface area contributed by atoms with E-state index in [0.717, 1.165) is 27.0 Å². The first-order chi connectivity index (χ1) is 14.0. The van der Waals surface area contributed by atoms with Crippen LogP contribution in [0.1, 0.15) is 11.1 Å². The summed E-state index contributed by atoms with van der Waals surface area (Å²) in [5, 5.41) is 2.11. The zero-order valence-corrected chi connectivity index (χ0v) is 17.1. The predicted molar refractivity (Wildman–Crippen MR) is 118 cm³/mol. The van der Waals surface area contributed by atoms with Crippen molar-refractivity contribution in [2.75, 3.05) is 12.9 Å². The molecule has 0 aromatic heterocycles. The highest BCUT2D eigenvalue weighted by molar-refractivity contribution is 8.00. The van der Waals surface area contributed by atoms with Gasteiger partial charge in [-0.1, -0.05) is 35.9 Å². The second kappa shape index (κ2) is 9.80. The molecule has 29 heavy (non-hydrogen) atoms. The van der Waals surface area contributed by atoms with Crippen LogP contribution >= 0.6 is 11.8 Å². The van der Waals surface area contributed by atoms with Crippen molar-refractivity contribution in [1.29, 1.82) is 0 Å². The van der Waals surface area contributed by atoms with Crippen molar-refractivity contribution < 1.29 is 14.3 Å². The summed E-state index contributed by atoms with van der Waals surface area (Å²) in [5.41, 5.74) is 6.87. The summed E-state index contributed by atoms with van der Waals surface area (Å²) in [4.78, 5) is 24.8. The molecule has 0 aliphatic heterocycles. The maximum absolute atomic E-state index is 11.9. The first-order valence-electron chi connectivity index (χ1n) is 9.08. The Hall–Kier alpha value is -3.25. The summed E-state index contributed by atoms with van der Waals surface area (Å²) < 4.78 is 5.22. The van der Waals surface area contributed by atoms with Crippen LogP contribution in [0.25, 0.3) is 16.8 Å². The fourth-order valence-corrected chi connectivity index (χ4v) is 3.34. The van der Waals surface area contributed by atoms with Crippen molar-refractivity contribution in [2.24, 2.45) is 0 Å². The Balaban J connectivity index is 1.48. The molecule has 3 rings (SSSR count). The molecule has 0 saturated heterocycles. The van der Waals surface area contributed by atoms with Crippen molar-refractivity contribution in [1.82, 2.24) is 10.9 Å². The summed E-state index contributed by atoms with van der Waals surface area (Å²) in [6.45, 7) is 2.01. The second-order valence-electron chi connectivity index (χ2n) is 6.45. The molecule has 5 nitrogen and oxygen atoms in total. The summed E-state index contributed by atoms with van der Waals surface area (Å²) >= 11 is 1.41. The molecule has 3 aromatic rings. The number of amides is 2. The number of aryl methyl sites for hydroxylation is 1. The molecule has 0 aliphatic rings. The first kappa shape index (κ1) is 20.5. The summed E-state index contributed by atoms with van der Waals surface area (Å²) in [6, 6.07) is 19.6. The van der Waals surface area contributed by atoms with Crippen LogP contribution in [0, 0.1) is 6.92 Å². The van der Waals surface area contributed by atoms with Crippen molar-refractivity contribution in [3.8, 4) is 5.75 Å². The van der Waals surface area contributed by atoms with Crippen LogP contribution in [-0.4, -0.2) is 24.7 Å². The molecule has 0 aliphatic carbocycles. The number of carbonyl (C=O) groups is 2. The minimum atomic E-state index is -0.395. The Bertz CT molecular complexity index is 1050. The molecule has 0 fully saturated rings. The number of methoxy groups -OCH3 is 1. The zero-order valence-electron chi connectivity index (χ0n) is 16.3. The molecule has 148 valence electrons. The molecule has 0 atom stereocenters. The first-order valence-corrected chi connectivity index (χ1v) is 10.1. The molecule has 0 spiro atoms. The Labute approximate surface area is 174 Å². The highest BCUT2D eigenvalue weighted by atomic mass is 32.2. The summed E-state index contributed by atoms with van der Waals surface area (Å²) in [5.74, 6) is 0.364. The van der Waals surface area contributed by atoms with Gasteiger partial charge in [-0.15, -0.1) is 11.8 Å². The van der Waals surface area contributed by atoms with E-state index in [9.17, 15) is 9.59 Å². The van der Waals surface area contributed by atoms with E-state index in [0.29, 0.717) is 0 Å². The Morgan fingerprint density at radius 2 is 1.69 bits per heavy atom. The maximum Gasteiger partial charge on any atom is 0.262 e. The smallest absolute Gasteiger partial charge is 0.262 e. The van der Waals surface area contributed by atoms with Crippen LogP contribution in [0.15, 0.2) is 71.6 Å². The Morgan fingerprint density at radius 3 is 2.45 bits per heavy atom. The van der Waals surface area contributed by atoms with Gasteiger partial charge in [-0.25, -0.2) is 0 Å². The third-order valence-corrected chi connectivity index (χ3v) is 5.23. The molecule has 2 N–H and O–H groups in total. The van der Waals surface area contributed by atoms with Gasteiger partial charge < -0.3 is 4.74 Å². The number of benzene rings is 3. The van der Waals surface area contributed by atoms with Gasteiger partial charge in [0.15, 0.2) is 0 Å². The number of hydrogen-bond donors (Lipinski definition) is 2. The van der Waals surface area contributed by atoms with Crippen LogP contribution in [0.4, 0.5) is 0 Å². The molecule has 6 heteroatoms. The lowest BCUT2D eigenvalue weighted by atomic mass is 10.1. The average molecular weight is 407 g/mol. The molecule has 0 heterocycles. The highest BCUT2D eigenvalue weighted by Crippen LogP contribution is 2.22. The standard InChI is InChI=1S/C23H22N2O3S/c1-16-3-10-21(11-4-16)29-15-23(27)25-24-22(26)12-6-17-5-7-19-14-20(28-2)9-8-18(19)13-17/h3-14H,15H2,1-2H3,(H,24,26)(H,25,27)/b12-6+. The van der Waals surface area contributed by atoms with Gasteiger partial charge in [0.2, 0.25) is 5.91 Å². The van der Waals surface area contributed by atoms with Crippen molar-refractivity contribution >= 4 is 40.4 Å². The van der Waals surface area contributed by atoms with E-state index in [-0.39, 0.29) is 11.7 Å². The van der Waals surface area contributed by atoms with E-state index in [2.05, 4.69) is 10.9 Å². The van der Waals surface area contributed by atoms with Crippen molar-refractivity contribution in [3.63, 3.8) is 0 Å². The van der Waals surface area contributed by atoms with Gasteiger partial charge in [0.1, 0.15) is 5.75 Å². The number of fused-ring (bicyclic) bond motifs is 1. The van der Waals surface area contributed by atoms with Gasteiger partial charge in [0, 0.05) is 11.0 Å². The second-order valence-corrected chi connectivity index (χ2v) is 7.49. The minimum absolute atomic E-state index is 0.223. The monoisotopic (exact) mass is 406 g/mol. The number of nitrogens with one attached hydrogen (secondary N) is 2. The fourth-order valence-electron chi connectivity index (χ4n) is 2.64. The highest BCUT2D eigenvalue weighted by Gasteiger charge is 2.04. The van der Waals surface area contributed by atoms with Crippen molar-refractivity contribution in [3.05, 3.63) is 77.9 Å². The lowest BCUT2D eigenvalue weighted by molar-refractivity contribution is -0.125. The molecule has 3 aromatic carbocycles. The summed E-state index contributed by atoms with van der Waals surface area (Å²) in [7, 11) is 1.64. The topological polar surface area (TPSA) is 67.4 Å². The van der Waals surface area contributed by atoms with E-state index in [1.54, 1.807) is 13.2 Å². The van der Waals surface area contributed by atoms with Crippen LogP contribution in [0.3, 0.4) is 0 Å². The maximum atomic E-state index is 11.9. The van der Waals surface area contributed by atoms with Gasteiger partial charge >= 0.3 is 0 Å². The van der Waals surface area contributed by atoms with Gasteiger partial charge in [-0.2, -0.15) is 0 Å². The van der Waals surface area contributed by atoms with Crippen LogP contribution < -0.4 is 15.6 Å². The van der Waals surface area contributed by atoms with Crippen molar-refractivity contribution in [2.45, 2.75) is 11.8 Å². The number of hydrogen-bond acceptors (Lipinski definition) is 4. The molecule has 2 amide bonds. The Morgan fingerprint density at radius 1 is 0.966 bits per heavy atom. The molecule has 0 unspecified atom stereocenters. The number of rotatable bonds is 6. The number of thioether (sulfide) groups is 1. The number of carbonyl (C=O) groups excluding carboxylic acids is 2. The number of ether oxygens (including phenoxy) is 1. The number of hydrazine groups is 1. The van der Waals surface area contributed by atoms with E-state index in [4.69, 9.17) is 4.74 Å². The summed E-state index contributed by atoms with van der Waals surface area (Å²) in [6.07, 6.45) is 3.09. The molecule has 0 bridgehead atoms. The quantitative estimate of drug-likeness (QED) is 0.367. The van der Waals surface area contributed by atoms with E-state index < -0.39 is 5.91 Å². The van der Waals surface area contributed by atoms with Gasteiger partial charge in [-0.05, 0) is 59.7 Å². The lowest BCUT2D eigenvalue weighted by Gasteiger charge is -2.06. The van der Waals surface area contributed by atoms with E-state index >= 15 is 0 Å². The largest absolute Gasteiger partial charge is 0.497 e. The zero-order chi connectivity index (χ0) is 20.6. The van der Waals surface area contributed by atoms with Gasteiger partial charge in [0.05, 0.1) is 12.9 Å². The SMILES string of the molecule is COc1ccc2cc(/C=C/C(=O)NNC(=O)CSc3ccc(C)cc3)ccc2c1. The van der Waals surface area contributed by atoms with Crippen LogP contribution in [-0.2, 0) is 9.59 Å². The average Bonchev–Trinajstić information content (AvgIpc) is 2.75. The molecular formula is C23H22N2O3S. The van der Waals surface area contributed by atoms with Crippen LogP contribution in [0.5, 0.6) is 5.75 Å². The predicted octanol–water partition coefficient (Wildman–Crippen LogP) is 4.11. The Kier molecular flexibility index (Phi) is 6.92. The van der Waals surface area contributed by atoms with Gasteiger partial charge in [0.25, 0.3) is 5.91 Å². The van der Waals surface area contributed by atoms with Crippen LogP contribution in [0.2, 0.25) is 0 Å². The third kappa shape index (κ3) is 6.12. The third-order valence-electron chi connectivity index (χ3n) is 4.21.